The summed E-state index contributed by atoms with van der Waals surface area (Å²) in [7, 11) is 4.53. The van der Waals surface area contributed by atoms with Gasteiger partial charge in [0.05, 0.1) is 27.0 Å². The van der Waals surface area contributed by atoms with Crippen molar-refractivity contribution in [3.05, 3.63) is 24.0 Å². The van der Waals surface area contributed by atoms with Gasteiger partial charge in [0.25, 0.3) is 5.78 Å². The minimum Gasteiger partial charge on any atom is -0.493 e. The lowest BCUT2D eigenvalue weighted by atomic mass is 10.1. The van der Waals surface area contributed by atoms with Crippen molar-refractivity contribution in [2.24, 2.45) is 0 Å². The third-order valence-corrected chi connectivity index (χ3v) is 3.51. The zero-order chi connectivity index (χ0) is 17.3. The summed E-state index contributed by atoms with van der Waals surface area (Å²) in [5.41, 5.74) is 7.14. The molecule has 0 bridgehead atoms. The van der Waals surface area contributed by atoms with Crippen LogP contribution in [0.3, 0.4) is 0 Å². The molecule has 0 aliphatic carbocycles. The summed E-state index contributed by atoms with van der Waals surface area (Å²) in [6.45, 7) is 0. The van der Waals surface area contributed by atoms with Crippen molar-refractivity contribution in [3.63, 3.8) is 0 Å². The number of fused-ring (bicyclic) bond motifs is 1. The van der Waals surface area contributed by atoms with E-state index in [0.29, 0.717) is 28.5 Å². The summed E-state index contributed by atoms with van der Waals surface area (Å²) in [6, 6.07) is 5.44. The number of nitrogens with two attached hydrogens (primary N) is 1. The lowest BCUT2D eigenvalue weighted by Crippen LogP contribution is -2.06. The van der Waals surface area contributed by atoms with E-state index in [1.165, 1.54) is 32.2 Å². The van der Waals surface area contributed by atoms with E-state index in [0.717, 1.165) is 0 Å². The number of aromatic nitrogens is 4. The maximum Gasteiger partial charge on any atom is 0.254 e. The van der Waals surface area contributed by atoms with Crippen LogP contribution in [0.4, 0.5) is 5.82 Å². The molecule has 24 heavy (non-hydrogen) atoms. The van der Waals surface area contributed by atoms with E-state index in [1.54, 1.807) is 12.1 Å². The molecule has 0 aliphatic rings. The predicted octanol–water partition coefficient (Wildman–Crippen LogP) is 1.27. The lowest BCUT2D eigenvalue weighted by molar-refractivity contribution is 0.324. The summed E-state index contributed by atoms with van der Waals surface area (Å²) in [5, 5.41) is 13.4. The van der Waals surface area contributed by atoms with E-state index in [9.17, 15) is 5.26 Å². The maximum absolute atomic E-state index is 9.49. The molecule has 122 valence electrons. The third-order valence-electron chi connectivity index (χ3n) is 3.51. The number of rotatable bonds is 4. The standard InChI is InChI=1S/C15H14N6O3/c1-22-10-4-8(5-11(23-2)13(10)24-3)12-9(6-16)14(17)21-15(20-12)18-7-19-21/h4-5,7H,17H2,1-3H3. The molecule has 1 aromatic carbocycles. The molecule has 0 radical (unpaired) electrons. The van der Waals surface area contributed by atoms with E-state index in [1.807, 2.05) is 0 Å². The number of methoxy groups -OCH3 is 3. The Kier molecular flexibility index (Phi) is 3.79. The van der Waals surface area contributed by atoms with Crippen LogP contribution >= 0.6 is 0 Å². The van der Waals surface area contributed by atoms with Crippen LogP contribution in [0.15, 0.2) is 18.5 Å². The molecule has 0 saturated carbocycles. The highest BCUT2D eigenvalue weighted by molar-refractivity contribution is 5.77. The van der Waals surface area contributed by atoms with Gasteiger partial charge in [-0.05, 0) is 12.1 Å². The molecule has 2 N–H and O–H groups in total. The Hall–Kier alpha value is -3.54. The van der Waals surface area contributed by atoms with Crippen molar-refractivity contribution >= 4 is 11.6 Å². The average molecular weight is 326 g/mol. The predicted molar refractivity (Wildman–Crippen MR) is 85.0 cm³/mol. The maximum atomic E-state index is 9.49. The first-order chi connectivity index (χ1) is 11.6. The fourth-order valence-electron chi connectivity index (χ4n) is 2.40. The largest absolute Gasteiger partial charge is 0.493 e. The zero-order valence-electron chi connectivity index (χ0n) is 13.3. The number of nitriles is 1. The SMILES string of the molecule is COc1cc(-c2nc3ncnn3c(N)c2C#N)cc(OC)c1OC. The number of benzene rings is 1. The number of hydrogen-bond donors (Lipinski definition) is 1. The summed E-state index contributed by atoms with van der Waals surface area (Å²) in [4.78, 5) is 8.40. The van der Waals surface area contributed by atoms with Crippen LogP contribution in [0.2, 0.25) is 0 Å². The van der Waals surface area contributed by atoms with Gasteiger partial charge in [-0.1, -0.05) is 0 Å². The molecule has 2 heterocycles. The smallest absolute Gasteiger partial charge is 0.254 e. The minimum atomic E-state index is 0.156. The van der Waals surface area contributed by atoms with Gasteiger partial charge in [0, 0.05) is 5.56 Å². The van der Waals surface area contributed by atoms with Crippen LogP contribution in [0, 0.1) is 11.3 Å². The molecule has 0 aliphatic heterocycles. The Morgan fingerprint density at radius 1 is 1.12 bits per heavy atom. The number of nitrogen functional groups attached to an aromatic ring is 1. The second-order valence-corrected chi connectivity index (χ2v) is 4.72. The minimum absolute atomic E-state index is 0.156. The van der Waals surface area contributed by atoms with E-state index < -0.39 is 0 Å². The van der Waals surface area contributed by atoms with Crippen LogP contribution in [0.25, 0.3) is 17.0 Å². The van der Waals surface area contributed by atoms with Crippen LogP contribution < -0.4 is 19.9 Å². The Bertz CT molecular complexity index is 935. The monoisotopic (exact) mass is 326 g/mol. The number of ether oxygens (including phenoxy) is 3. The third kappa shape index (κ3) is 2.21. The molecule has 0 unspecified atom stereocenters. The fraction of sp³-hybridized carbons (Fsp3) is 0.200. The van der Waals surface area contributed by atoms with Crippen LogP contribution in [0.1, 0.15) is 5.56 Å². The van der Waals surface area contributed by atoms with Gasteiger partial charge in [-0.3, -0.25) is 0 Å². The van der Waals surface area contributed by atoms with Gasteiger partial charge in [-0.2, -0.15) is 19.9 Å². The van der Waals surface area contributed by atoms with Crippen molar-refractivity contribution in [3.8, 4) is 34.6 Å². The molecule has 3 rings (SSSR count). The fourth-order valence-corrected chi connectivity index (χ4v) is 2.40. The molecule has 0 saturated heterocycles. The van der Waals surface area contributed by atoms with E-state index in [-0.39, 0.29) is 17.2 Å². The van der Waals surface area contributed by atoms with Crippen LogP contribution in [-0.2, 0) is 0 Å². The molecular weight excluding hydrogens is 312 g/mol. The first-order valence-electron chi connectivity index (χ1n) is 6.84. The van der Waals surface area contributed by atoms with Gasteiger partial charge < -0.3 is 19.9 Å². The normalized spacial score (nSPS) is 10.4. The molecular formula is C15H14N6O3. The highest BCUT2D eigenvalue weighted by atomic mass is 16.5. The van der Waals surface area contributed by atoms with Crippen molar-refractivity contribution in [2.75, 3.05) is 27.1 Å². The van der Waals surface area contributed by atoms with Crippen molar-refractivity contribution in [2.45, 2.75) is 0 Å². The highest BCUT2D eigenvalue weighted by Gasteiger charge is 2.20. The van der Waals surface area contributed by atoms with E-state index >= 15 is 0 Å². The summed E-state index contributed by atoms with van der Waals surface area (Å²) < 4.78 is 17.3. The highest BCUT2D eigenvalue weighted by Crippen LogP contribution is 2.41. The summed E-state index contributed by atoms with van der Waals surface area (Å²) in [6.07, 6.45) is 1.32. The molecule has 0 amide bonds. The Balaban J connectivity index is 2.33. The number of hydrogen-bond acceptors (Lipinski definition) is 8. The number of nitrogens with zero attached hydrogens (tertiary/aromatic N) is 5. The average Bonchev–Trinajstić information content (AvgIpc) is 3.09. The van der Waals surface area contributed by atoms with Gasteiger partial charge in [-0.25, -0.2) is 4.98 Å². The first kappa shape index (κ1) is 15.4. The van der Waals surface area contributed by atoms with Crippen molar-refractivity contribution < 1.29 is 14.2 Å². The molecule has 0 spiro atoms. The molecule has 3 aromatic rings. The summed E-state index contributed by atoms with van der Waals surface area (Å²) >= 11 is 0. The van der Waals surface area contributed by atoms with Crippen molar-refractivity contribution in [1.29, 1.82) is 5.26 Å². The Morgan fingerprint density at radius 2 is 1.79 bits per heavy atom. The van der Waals surface area contributed by atoms with Gasteiger partial charge in [-0.15, -0.1) is 0 Å². The van der Waals surface area contributed by atoms with Gasteiger partial charge in [0.15, 0.2) is 11.5 Å². The number of anilines is 1. The molecule has 0 atom stereocenters. The zero-order valence-corrected chi connectivity index (χ0v) is 13.3. The molecule has 9 nitrogen and oxygen atoms in total. The van der Waals surface area contributed by atoms with E-state index in [2.05, 4.69) is 21.1 Å². The van der Waals surface area contributed by atoms with Gasteiger partial charge in [0.2, 0.25) is 5.75 Å². The molecule has 0 fully saturated rings. The van der Waals surface area contributed by atoms with Crippen LogP contribution in [0.5, 0.6) is 17.2 Å². The van der Waals surface area contributed by atoms with Crippen LogP contribution in [-0.4, -0.2) is 40.9 Å². The topological polar surface area (TPSA) is 121 Å². The molecule has 2 aromatic heterocycles. The Morgan fingerprint density at radius 3 is 2.33 bits per heavy atom. The Labute approximate surface area is 137 Å². The second-order valence-electron chi connectivity index (χ2n) is 4.72. The first-order valence-corrected chi connectivity index (χ1v) is 6.84. The summed E-state index contributed by atoms with van der Waals surface area (Å²) in [5.74, 6) is 1.77. The lowest BCUT2D eigenvalue weighted by Gasteiger charge is -2.14. The van der Waals surface area contributed by atoms with Gasteiger partial charge >= 0.3 is 0 Å². The molecule has 9 heteroatoms. The van der Waals surface area contributed by atoms with E-state index in [4.69, 9.17) is 19.9 Å². The second kappa shape index (κ2) is 5.92. The quantitative estimate of drug-likeness (QED) is 0.761. The van der Waals surface area contributed by atoms with Crippen molar-refractivity contribution in [1.82, 2.24) is 19.6 Å². The van der Waals surface area contributed by atoms with Gasteiger partial charge in [0.1, 0.15) is 23.8 Å².